The molecule has 0 radical (unpaired) electrons. The minimum atomic E-state index is -0.235. The molecule has 0 saturated heterocycles. The number of aromatic nitrogens is 3. The van der Waals surface area contributed by atoms with Crippen LogP contribution in [0.25, 0.3) is 0 Å². The van der Waals surface area contributed by atoms with Crippen LogP contribution in [0.15, 0.2) is 47.3 Å². The molecule has 2 heterocycles. The predicted molar refractivity (Wildman–Crippen MR) is 107 cm³/mol. The molecule has 2 aromatic heterocycles. The number of rotatable bonds is 6. The van der Waals surface area contributed by atoms with Gasteiger partial charge in [-0.1, -0.05) is 11.6 Å². The van der Waals surface area contributed by atoms with E-state index in [2.05, 4.69) is 5.10 Å². The number of benzene rings is 1. The SMILES string of the molecule is Cc1cc(Cc2ccc(=O)n(CCC#N)n2)n(C)c1C(=O)c1ccc(Cl)cc1. The number of hydrogen-bond donors (Lipinski definition) is 0. The summed E-state index contributed by atoms with van der Waals surface area (Å²) in [6.07, 6.45) is 0.692. The van der Waals surface area contributed by atoms with Gasteiger partial charge in [0.25, 0.3) is 5.56 Å². The van der Waals surface area contributed by atoms with Gasteiger partial charge in [0.15, 0.2) is 0 Å². The monoisotopic (exact) mass is 394 g/mol. The number of nitrogens with zero attached hydrogens (tertiary/aromatic N) is 4. The van der Waals surface area contributed by atoms with Crippen molar-refractivity contribution in [3.63, 3.8) is 0 Å². The van der Waals surface area contributed by atoms with Crippen LogP contribution in [-0.2, 0) is 20.0 Å². The second-order valence-corrected chi connectivity index (χ2v) is 6.97. The summed E-state index contributed by atoms with van der Waals surface area (Å²) in [5.74, 6) is -0.0742. The van der Waals surface area contributed by atoms with Crippen molar-refractivity contribution in [3.05, 3.63) is 86.0 Å². The molecule has 1 aromatic carbocycles. The van der Waals surface area contributed by atoms with Gasteiger partial charge < -0.3 is 4.57 Å². The molecule has 0 aliphatic heterocycles. The molecule has 0 amide bonds. The lowest BCUT2D eigenvalue weighted by molar-refractivity contribution is 0.103. The number of halogens is 1. The summed E-state index contributed by atoms with van der Waals surface area (Å²) in [5.41, 5.74) is 3.42. The zero-order chi connectivity index (χ0) is 20.3. The van der Waals surface area contributed by atoms with Crippen LogP contribution in [0.1, 0.15) is 39.4 Å². The fraction of sp³-hybridized carbons (Fsp3) is 0.238. The summed E-state index contributed by atoms with van der Waals surface area (Å²) >= 11 is 5.91. The summed E-state index contributed by atoms with van der Waals surface area (Å²) < 4.78 is 3.16. The van der Waals surface area contributed by atoms with E-state index in [0.717, 1.165) is 11.3 Å². The third-order valence-electron chi connectivity index (χ3n) is 4.56. The van der Waals surface area contributed by atoms with Crippen molar-refractivity contribution >= 4 is 17.4 Å². The highest BCUT2D eigenvalue weighted by atomic mass is 35.5. The van der Waals surface area contributed by atoms with E-state index >= 15 is 0 Å². The van der Waals surface area contributed by atoms with Crippen molar-refractivity contribution in [1.82, 2.24) is 14.3 Å². The highest BCUT2D eigenvalue weighted by Gasteiger charge is 2.19. The third kappa shape index (κ3) is 4.05. The third-order valence-corrected chi connectivity index (χ3v) is 4.82. The Balaban J connectivity index is 1.90. The molecule has 0 aliphatic rings. The number of carbonyl (C=O) groups is 1. The van der Waals surface area contributed by atoms with Gasteiger partial charge in [-0.3, -0.25) is 9.59 Å². The first kappa shape index (κ1) is 19.6. The van der Waals surface area contributed by atoms with E-state index in [9.17, 15) is 9.59 Å². The normalized spacial score (nSPS) is 10.6. The molecule has 0 N–H and O–H groups in total. The van der Waals surface area contributed by atoms with Crippen molar-refractivity contribution in [2.24, 2.45) is 7.05 Å². The Kier molecular flexibility index (Phi) is 5.76. The summed E-state index contributed by atoms with van der Waals surface area (Å²) in [4.78, 5) is 24.8. The van der Waals surface area contributed by atoms with Crippen molar-refractivity contribution in [1.29, 1.82) is 5.26 Å². The Bertz CT molecular complexity index is 1120. The van der Waals surface area contributed by atoms with Crippen LogP contribution in [0.2, 0.25) is 5.02 Å². The minimum Gasteiger partial charge on any atom is -0.344 e. The van der Waals surface area contributed by atoms with Crippen LogP contribution in [-0.4, -0.2) is 20.1 Å². The maximum Gasteiger partial charge on any atom is 0.266 e. The molecule has 142 valence electrons. The summed E-state index contributed by atoms with van der Waals surface area (Å²) in [7, 11) is 1.84. The second kappa shape index (κ2) is 8.24. The van der Waals surface area contributed by atoms with Crippen LogP contribution in [0.4, 0.5) is 0 Å². The highest BCUT2D eigenvalue weighted by molar-refractivity contribution is 6.30. The lowest BCUT2D eigenvalue weighted by Crippen LogP contribution is -2.23. The zero-order valence-electron chi connectivity index (χ0n) is 15.6. The first-order valence-electron chi connectivity index (χ1n) is 8.80. The van der Waals surface area contributed by atoms with E-state index in [1.165, 1.54) is 10.7 Å². The largest absolute Gasteiger partial charge is 0.344 e. The number of ketones is 1. The standard InChI is InChI=1S/C21H19ClN4O2/c1-14-12-18(13-17-8-9-19(27)26(24-17)11-3-10-23)25(2)20(14)21(28)15-4-6-16(22)7-5-15/h4-9,12H,3,11,13H2,1-2H3. The van der Waals surface area contributed by atoms with Gasteiger partial charge >= 0.3 is 0 Å². The minimum absolute atomic E-state index is 0.0742. The molecule has 0 aliphatic carbocycles. The van der Waals surface area contributed by atoms with Gasteiger partial charge in [-0.25, -0.2) is 4.68 Å². The van der Waals surface area contributed by atoms with Crippen molar-refractivity contribution in [2.45, 2.75) is 26.3 Å². The quantitative estimate of drug-likeness (QED) is 0.601. The molecule has 0 bridgehead atoms. The van der Waals surface area contributed by atoms with Gasteiger partial charge in [-0.15, -0.1) is 0 Å². The highest BCUT2D eigenvalue weighted by Crippen LogP contribution is 2.21. The smallest absolute Gasteiger partial charge is 0.266 e. The zero-order valence-corrected chi connectivity index (χ0v) is 16.4. The molecular weight excluding hydrogens is 376 g/mol. The van der Waals surface area contributed by atoms with Crippen molar-refractivity contribution in [3.8, 4) is 6.07 Å². The molecule has 0 spiro atoms. The maximum absolute atomic E-state index is 12.9. The number of carbonyl (C=O) groups excluding carboxylic acids is 1. The van der Waals surface area contributed by atoms with Gasteiger partial charge in [0.2, 0.25) is 5.78 Å². The Hall–Kier alpha value is -3.17. The van der Waals surface area contributed by atoms with E-state index in [-0.39, 0.29) is 24.3 Å². The Morgan fingerprint density at radius 1 is 1.21 bits per heavy atom. The number of aryl methyl sites for hydroxylation is 2. The second-order valence-electron chi connectivity index (χ2n) is 6.53. The lowest BCUT2D eigenvalue weighted by atomic mass is 10.1. The number of nitriles is 1. The van der Waals surface area contributed by atoms with E-state index in [4.69, 9.17) is 16.9 Å². The van der Waals surface area contributed by atoms with Crippen LogP contribution in [0.5, 0.6) is 0 Å². The molecule has 0 unspecified atom stereocenters. The van der Waals surface area contributed by atoms with Crippen LogP contribution in [0.3, 0.4) is 0 Å². The van der Waals surface area contributed by atoms with Gasteiger partial charge in [0.1, 0.15) is 0 Å². The van der Waals surface area contributed by atoms with Crippen LogP contribution in [0, 0.1) is 18.3 Å². The molecule has 3 rings (SSSR count). The summed E-state index contributed by atoms with van der Waals surface area (Å²) in [5, 5.41) is 13.6. The molecular formula is C21H19ClN4O2. The molecule has 28 heavy (non-hydrogen) atoms. The van der Waals surface area contributed by atoms with Gasteiger partial charge in [0.05, 0.1) is 30.4 Å². The summed E-state index contributed by atoms with van der Waals surface area (Å²) in [6.45, 7) is 2.16. The first-order valence-corrected chi connectivity index (χ1v) is 9.18. The lowest BCUT2D eigenvalue weighted by Gasteiger charge is -2.09. The molecule has 3 aromatic rings. The Labute approximate surface area is 167 Å². The predicted octanol–water partition coefficient (Wildman–Crippen LogP) is 3.28. The van der Waals surface area contributed by atoms with Gasteiger partial charge in [-0.05, 0) is 48.9 Å². The molecule has 0 atom stereocenters. The van der Waals surface area contributed by atoms with Crippen molar-refractivity contribution < 1.29 is 4.79 Å². The fourth-order valence-electron chi connectivity index (χ4n) is 3.15. The average molecular weight is 395 g/mol. The average Bonchev–Trinajstić information content (AvgIpc) is 2.95. The summed E-state index contributed by atoms with van der Waals surface area (Å²) in [6, 6.07) is 13.9. The molecule has 0 saturated carbocycles. The van der Waals surface area contributed by atoms with Crippen molar-refractivity contribution in [2.75, 3.05) is 0 Å². The molecule has 6 nitrogen and oxygen atoms in total. The topological polar surface area (TPSA) is 80.7 Å². The Morgan fingerprint density at radius 2 is 1.93 bits per heavy atom. The van der Waals surface area contributed by atoms with Crippen LogP contribution < -0.4 is 5.56 Å². The van der Waals surface area contributed by atoms with E-state index < -0.39 is 0 Å². The van der Waals surface area contributed by atoms with Crippen LogP contribution >= 0.6 is 11.6 Å². The van der Waals surface area contributed by atoms with E-state index in [1.807, 2.05) is 30.7 Å². The molecule has 0 fully saturated rings. The molecule has 7 heteroatoms. The van der Waals surface area contributed by atoms with Gasteiger partial charge in [-0.2, -0.15) is 10.4 Å². The fourth-order valence-corrected chi connectivity index (χ4v) is 3.28. The first-order chi connectivity index (χ1) is 13.4. The van der Waals surface area contributed by atoms with E-state index in [1.54, 1.807) is 30.3 Å². The Morgan fingerprint density at radius 3 is 2.61 bits per heavy atom. The number of hydrogen-bond acceptors (Lipinski definition) is 4. The maximum atomic E-state index is 12.9. The van der Waals surface area contributed by atoms with Gasteiger partial charge in [0, 0.05) is 35.8 Å². The van der Waals surface area contributed by atoms with E-state index in [0.29, 0.717) is 28.4 Å².